The average Bonchev–Trinajstić information content (AvgIpc) is 2.70. The van der Waals surface area contributed by atoms with Crippen molar-refractivity contribution >= 4 is 11.9 Å². The second-order valence-electron chi connectivity index (χ2n) is 7.13. The lowest BCUT2D eigenvalue weighted by atomic mass is 9.83. The monoisotopic (exact) mass is 393 g/mol. The summed E-state index contributed by atoms with van der Waals surface area (Å²) < 4.78 is 19.5. The number of allylic oxidation sites excluding steroid dienone is 1. The molecule has 0 bridgehead atoms. The first-order valence-electron chi connectivity index (χ1n) is 9.51. The number of carbonyl (C=O) groups excluding carboxylic acids is 2. The lowest BCUT2D eigenvalue weighted by molar-refractivity contribution is -0.139. The molecule has 1 aliphatic rings. The van der Waals surface area contributed by atoms with Gasteiger partial charge in [-0.25, -0.2) is 9.18 Å². The predicted octanol–water partition coefficient (Wildman–Crippen LogP) is 4.65. The fourth-order valence-electron chi connectivity index (χ4n) is 3.65. The third kappa shape index (κ3) is 4.45. The molecule has 0 saturated heterocycles. The molecule has 4 nitrogen and oxygen atoms in total. The van der Waals surface area contributed by atoms with Gasteiger partial charge < -0.3 is 9.64 Å². The second-order valence-corrected chi connectivity index (χ2v) is 7.13. The summed E-state index contributed by atoms with van der Waals surface area (Å²) in [5.41, 5.74) is 3.24. The number of carbonyl (C=O) groups is 2. The summed E-state index contributed by atoms with van der Waals surface area (Å²) >= 11 is 0. The van der Waals surface area contributed by atoms with Gasteiger partial charge in [-0.3, -0.25) is 4.79 Å². The Morgan fingerprint density at radius 1 is 1.24 bits per heavy atom. The van der Waals surface area contributed by atoms with Gasteiger partial charge in [0.1, 0.15) is 12.4 Å². The number of rotatable bonds is 6. The van der Waals surface area contributed by atoms with Crippen LogP contribution in [0.3, 0.4) is 0 Å². The average molecular weight is 393 g/mol. The molecule has 1 aliphatic heterocycles. The molecule has 0 radical (unpaired) electrons. The van der Waals surface area contributed by atoms with Crippen molar-refractivity contribution in [1.29, 1.82) is 0 Å². The summed E-state index contributed by atoms with van der Waals surface area (Å²) in [4.78, 5) is 27.3. The summed E-state index contributed by atoms with van der Waals surface area (Å²) in [6.07, 6.45) is 1.62. The van der Waals surface area contributed by atoms with Gasteiger partial charge >= 0.3 is 5.97 Å². The van der Waals surface area contributed by atoms with E-state index in [2.05, 4.69) is 6.58 Å². The number of hydrogen-bond donors (Lipinski definition) is 0. The number of halogens is 1. The first-order chi connectivity index (χ1) is 13.9. The van der Waals surface area contributed by atoms with E-state index in [0.717, 1.165) is 11.1 Å². The number of amides is 1. The van der Waals surface area contributed by atoms with Crippen molar-refractivity contribution in [2.24, 2.45) is 0 Å². The molecule has 0 fully saturated rings. The van der Waals surface area contributed by atoms with E-state index in [1.54, 1.807) is 25.1 Å². The van der Waals surface area contributed by atoms with Crippen LogP contribution in [0.1, 0.15) is 36.0 Å². The summed E-state index contributed by atoms with van der Waals surface area (Å²) in [6.45, 7) is 7.40. The highest BCUT2D eigenvalue weighted by Crippen LogP contribution is 2.38. The summed E-state index contributed by atoms with van der Waals surface area (Å²) in [7, 11) is 0. The Bertz CT molecular complexity index is 980. The van der Waals surface area contributed by atoms with E-state index in [-0.39, 0.29) is 31.3 Å². The SMILES string of the molecule is C=CCOC(=O)C1=C(C)N(Cc2ccccc2F)C(=O)C[C@@H]1c1cccc(C)c1. The van der Waals surface area contributed by atoms with Crippen molar-refractivity contribution in [3.05, 3.63) is 95.0 Å². The van der Waals surface area contributed by atoms with Crippen LogP contribution in [0, 0.1) is 12.7 Å². The van der Waals surface area contributed by atoms with E-state index in [9.17, 15) is 14.0 Å². The Balaban J connectivity index is 2.04. The van der Waals surface area contributed by atoms with Gasteiger partial charge in [0.2, 0.25) is 5.91 Å². The highest BCUT2D eigenvalue weighted by atomic mass is 19.1. The van der Waals surface area contributed by atoms with E-state index < -0.39 is 11.9 Å². The van der Waals surface area contributed by atoms with Crippen molar-refractivity contribution < 1.29 is 18.7 Å². The third-order valence-electron chi connectivity index (χ3n) is 5.11. The number of nitrogens with zero attached hydrogens (tertiary/aromatic N) is 1. The van der Waals surface area contributed by atoms with Gasteiger partial charge in [-0.05, 0) is 25.5 Å². The molecule has 2 aromatic rings. The van der Waals surface area contributed by atoms with Crippen LogP contribution in [0.4, 0.5) is 4.39 Å². The predicted molar refractivity (Wildman–Crippen MR) is 109 cm³/mol. The summed E-state index contributed by atoms with van der Waals surface area (Å²) in [5, 5.41) is 0. The van der Waals surface area contributed by atoms with Gasteiger partial charge in [-0.1, -0.05) is 60.7 Å². The van der Waals surface area contributed by atoms with Gasteiger partial charge in [0.15, 0.2) is 0 Å². The zero-order valence-electron chi connectivity index (χ0n) is 16.7. The smallest absolute Gasteiger partial charge is 0.336 e. The van der Waals surface area contributed by atoms with Crippen LogP contribution in [-0.4, -0.2) is 23.4 Å². The minimum absolute atomic E-state index is 0.0656. The highest BCUT2D eigenvalue weighted by Gasteiger charge is 2.37. The van der Waals surface area contributed by atoms with Gasteiger partial charge in [-0.2, -0.15) is 0 Å². The maximum Gasteiger partial charge on any atom is 0.336 e. The lowest BCUT2D eigenvalue weighted by Gasteiger charge is -2.34. The fraction of sp³-hybridized carbons (Fsp3) is 0.250. The maximum absolute atomic E-state index is 14.2. The van der Waals surface area contributed by atoms with Crippen LogP contribution < -0.4 is 0 Å². The van der Waals surface area contributed by atoms with Gasteiger partial charge in [0.25, 0.3) is 0 Å². The van der Waals surface area contributed by atoms with E-state index in [4.69, 9.17) is 4.74 Å². The standard InChI is InChI=1S/C24H24FNO3/c1-4-12-29-24(28)23-17(3)26(15-19-9-5-6-11-21(19)25)22(27)14-20(23)18-10-7-8-16(2)13-18/h4-11,13,20H,1,12,14-15H2,2-3H3/t20-/m1/s1. The maximum atomic E-state index is 14.2. The van der Waals surface area contributed by atoms with E-state index >= 15 is 0 Å². The largest absolute Gasteiger partial charge is 0.458 e. The zero-order valence-corrected chi connectivity index (χ0v) is 16.7. The van der Waals surface area contributed by atoms with E-state index in [1.165, 1.54) is 17.0 Å². The quantitative estimate of drug-likeness (QED) is 0.530. The molecule has 1 atom stereocenters. The molecule has 1 amide bonds. The number of aryl methyl sites for hydroxylation is 1. The molecule has 0 aliphatic carbocycles. The Morgan fingerprint density at radius 3 is 2.69 bits per heavy atom. The summed E-state index contributed by atoms with van der Waals surface area (Å²) in [5.74, 6) is -1.43. The number of ether oxygens (including phenoxy) is 1. The molecule has 0 saturated carbocycles. The minimum atomic E-state index is -0.486. The van der Waals surface area contributed by atoms with Crippen LogP contribution in [0.15, 0.2) is 72.5 Å². The van der Waals surface area contributed by atoms with Crippen molar-refractivity contribution in [2.75, 3.05) is 6.61 Å². The Morgan fingerprint density at radius 2 is 2.00 bits per heavy atom. The molecular weight excluding hydrogens is 369 g/mol. The normalized spacial score (nSPS) is 16.7. The van der Waals surface area contributed by atoms with Crippen LogP contribution in [0.2, 0.25) is 0 Å². The molecule has 150 valence electrons. The number of hydrogen-bond acceptors (Lipinski definition) is 3. The first-order valence-corrected chi connectivity index (χ1v) is 9.51. The van der Waals surface area contributed by atoms with Crippen molar-refractivity contribution in [3.63, 3.8) is 0 Å². The molecule has 2 aromatic carbocycles. The first kappa shape index (κ1) is 20.5. The van der Waals surface area contributed by atoms with E-state index in [1.807, 2.05) is 31.2 Å². The topological polar surface area (TPSA) is 46.6 Å². The van der Waals surface area contributed by atoms with E-state index in [0.29, 0.717) is 16.8 Å². The molecule has 29 heavy (non-hydrogen) atoms. The van der Waals surface area contributed by atoms with Crippen molar-refractivity contribution in [1.82, 2.24) is 4.90 Å². The van der Waals surface area contributed by atoms with Crippen LogP contribution in [-0.2, 0) is 20.9 Å². The third-order valence-corrected chi connectivity index (χ3v) is 5.11. The molecule has 1 heterocycles. The van der Waals surface area contributed by atoms with Crippen molar-refractivity contribution in [2.45, 2.75) is 32.7 Å². The molecule has 0 spiro atoms. The molecule has 0 unspecified atom stereocenters. The second kappa shape index (κ2) is 8.86. The van der Waals surface area contributed by atoms with Crippen LogP contribution in [0.5, 0.6) is 0 Å². The lowest BCUT2D eigenvalue weighted by Crippen LogP contribution is -2.38. The molecule has 0 aromatic heterocycles. The summed E-state index contributed by atoms with van der Waals surface area (Å²) in [6, 6.07) is 14.1. The molecule has 0 N–H and O–H groups in total. The Hall–Kier alpha value is -3.21. The zero-order chi connectivity index (χ0) is 21.0. The van der Waals surface area contributed by atoms with Gasteiger partial charge in [0, 0.05) is 23.6 Å². The van der Waals surface area contributed by atoms with Crippen LogP contribution >= 0.6 is 0 Å². The number of esters is 1. The highest BCUT2D eigenvalue weighted by molar-refractivity contribution is 5.95. The van der Waals surface area contributed by atoms with Gasteiger partial charge in [0.05, 0.1) is 12.1 Å². The van der Waals surface area contributed by atoms with Crippen LogP contribution in [0.25, 0.3) is 0 Å². The van der Waals surface area contributed by atoms with Crippen molar-refractivity contribution in [3.8, 4) is 0 Å². The Labute approximate surface area is 170 Å². The number of benzene rings is 2. The molecule has 5 heteroatoms. The Kier molecular flexibility index (Phi) is 6.27. The molecule has 3 rings (SSSR count). The molecular formula is C24H24FNO3. The van der Waals surface area contributed by atoms with Gasteiger partial charge in [-0.15, -0.1) is 0 Å². The fourth-order valence-corrected chi connectivity index (χ4v) is 3.65. The minimum Gasteiger partial charge on any atom is -0.458 e.